The van der Waals surface area contributed by atoms with E-state index in [0.717, 1.165) is 5.56 Å². The Morgan fingerprint density at radius 2 is 1.71 bits per heavy atom. The van der Waals surface area contributed by atoms with Gasteiger partial charge in [-0.3, -0.25) is 14.6 Å². The SMILES string of the molecule is COC(=O)C(C)CN(CCc1ccc(OC)c(OC)c1)C(=O)c1ccncc1. The van der Waals surface area contributed by atoms with E-state index in [9.17, 15) is 9.59 Å². The molecular weight excluding hydrogens is 360 g/mol. The van der Waals surface area contributed by atoms with Crippen molar-refractivity contribution in [3.8, 4) is 11.5 Å². The van der Waals surface area contributed by atoms with Crippen molar-refractivity contribution in [2.75, 3.05) is 34.4 Å². The van der Waals surface area contributed by atoms with E-state index in [1.54, 1.807) is 50.6 Å². The standard InChI is InChI=1S/C21H26N2O5/c1-15(21(25)28-4)14-23(20(24)17-7-10-22-11-8-17)12-9-16-5-6-18(26-2)19(13-16)27-3/h5-8,10-11,13,15H,9,12,14H2,1-4H3. The van der Waals surface area contributed by atoms with Crippen LogP contribution < -0.4 is 9.47 Å². The minimum atomic E-state index is -0.429. The normalized spacial score (nSPS) is 11.4. The molecular formula is C21H26N2O5. The summed E-state index contributed by atoms with van der Waals surface area (Å²) in [6, 6.07) is 8.97. The number of esters is 1. The van der Waals surface area contributed by atoms with Gasteiger partial charge in [-0.25, -0.2) is 0 Å². The lowest BCUT2D eigenvalue weighted by atomic mass is 10.1. The molecule has 1 heterocycles. The Balaban J connectivity index is 2.17. The van der Waals surface area contributed by atoms with Gasteiger partial charge in [0.25, 0.3) is 5.91 Å². The molecule has 1 amide bonds. The van der Waals surface area contributed by atoms with E-state index in [1.807, 2.05) is 18.2 Å². The summed E-state index contributed by atoms with van der Waals surface area (Å²) in [5.74, 6) is 0.351. The van der Waals surface area contributed by atoms with Gasteiger partial charge in [0, 0.05) is 31.0 Å². The number of benzene rings is 1. The van der Waals surface area contributed by atoms with Gasteiger partial charge in [0.1, 0.15) is 0 Å². The second-order valence-corrected chi connectivity index (χ2v) is 6.35. The number of nitrogens with zero attached hydrogens (tertiary/aromatic N) is 2. The Hall–Kier alpha value is -3.09. The molecule has 0 saturated heterocycles. The van der Waals surface area contributed by atoms with Crippen molar-refractivity contribution in [2.24, 2.45) is 5.92 Å². The fourth-order valence-electron chi connectivity index (χ4n) is 2.86. The Morgan fingerprint density at radius 1 is 1.04 bits per heavy atom. The molecule has 0 fully saturated rings. The molecule has 1 aromatic carbocycles. The number of rotatable bonds is 9. The minimum absolute atomic E-state index is 0.154. The highest BCUT2D eigenvalue weighted by Crippen LogP contribution is 2.27. The van der Waals surface area contributed by atoms with E-state index in [-0.39, 0.29) is 18.4 Å². The Labute approximate surface area is 165 Å². The number of hydrogen-bond acceptors (Lipinski definition) is 6. The summed E-state index contributed by atoms with van der Waals surface area (Å²) in [5.41, 5.74) is 1.52. The molecule has 0 spiro atoms. The van der Waals surface area contributed by atoms with Crippen LogP contribution in [0, 0.1) is 5.92 Å². The quantitative estimate of drug-likeness (QED) is 0.617. The summed E-state index contributed by atoms with van der Waals surface area (Å²) >= 11 is 0. The number of ether oxygens (including phenoxy) is 3. The van der Waals surface area contributed by atoms with Crippen LogP contribution >= 0.6 is 0 Å². The van der Waals surface area contributed by atoms with E-state index in [4.69, 9.17) is 14.2 Å². The lowest BCUT2D eigenvalue weighted by Gasteiger charge is -2.25. The zero-order valence-electron chi connectivity index (χ0n) is 16.7. The van der Waals surface area contributed by atoms with Crippen LogP contribution in [0.5, 0.6) is 11.5 Å². The predicted molar refractivity (Wildman–Crippen MR) is 105 cm³/mol. The first-order chi connectivity index (χ1) is 13.5. The molecule has 0 aliphatic rings. The van der Waals surface area contributed by atoms with Crippen molar-refractivity contribution in [3.05, 3.63) is 53.9 Å². The smallest absolute Gasteiger partial charge is 0.310 e. The molecule has 1 aromatic heterocycles. The van der Waals surface area contributed by atoms with Gasteiger partial charge in [-0.1, -0.05) is 13.0 Å². The largest absolute Gasteiger partial charge is 0.493 e. The topological polar surface area (TPSA) is 78.0 Å². The molecule has 7 heteroatoms. The van der Waals surface area contributed by atoms with Gasteiger partial charge in [0.05, 0.1) is 27.2 Å². The highest BCUT2D eigenvalue weighted by Gasteiger charge is 2.22. The van der Waals surface area contributed by atoms with E-state index in [1.165, 1.54) is 7.11 Å². The lowest BCUT2D eigenvalue weighted by Crippen LogP contribution is -2.38. The summed E-state index contributed by atoms with van der Waals surface area (Å²) in [7, 11) is 4.51. The van der Waals surface area contributed by atoms with Crippen LogP contribution in [0.2, 0.25) is 0 Å². The molecule has 2 rings (SSSR count). The maximum absolute atomic E-state index is 12.9. The third kappa shape index (κ3) is 5.45. The van der Waals surface area contributed by atoms with Gasteiger partial charge < -0.3 is 19.1 Å². The van der Waals surface area contributed by atoms with Crippen LogP contribution in [-0.2, 0) is 16.0 Å². The fourth-order valence-corrected chi connectivity index (χ4v) is 2.86. The van der Waals surface area contributed by atoms with Gasteiger partial charge in [0.15, 0.2) is 11.5 Å². The van der Waals surface area contributed by atoms with E-state index in [0.29, 0.717) is 30.0 Å². The summed E-state index contributed by atoms with van der Waals surface area (Å²) in [6.07, 6.45) is 3.75. The minimum Gasteiger partial charge on any atom is -0.493 e. The molecule has 2 aromatic rings. The fraction of sp³-hybridized carbons (Fsp3) is 0.381. The third-order valence-corrected chi connectivity index (χ3v) is 4.43. The van der Waals surface area contributed by atoms with Crippen molar-refractivity contribution in [1.29, 1.82) is 0 Å². The lowest BCUT2D eigenvalue weighted by molar-refractivity contribution is -0.145. The molecule has 1 atom stereocenters. The van der Waals surface area contributed by atoms with E-state index < -0.39 is 5.92 Å². The van der Waals surface area contributed by atoms with Crippen LogP contribution in [-0.4, -0.2) is 56.2 Å². The molecule has 1 unspecified atom stereocenters. The van der Waals surface area contributed by atoms with Crippen molar-refractivity contribution in [2.45, 2.75) is 13.3 Å². The van der Waals surface area contributed by atoms with Crippen LogP contribution in [0.15, 0.2) is 42.7 Å². The summed E-state index contributed by atoms with van der Waals surface area (Å²) in [6.45, 7) is 2.45. The predicted octanol–water partition coefficient (Wildman–Crippen LogP) is 2.59. The van der Waals surface area contributed by atoms with Crippen molar-refractivity contribution >= 4 is 11.9 Å². The van der Waals surface area contributed by atoms with Gasteiger partial charge >= 0.3 is 5.97 Å². The Bertz CT molecular complexity index is 795. The van der Waals surface area contributed by atoms with Gasteiger partial charge in [0.2, 0.25) is 0 Å². The van der Waals surface area contributed by atoms with Crippen molar-refractivity contribution in [3.63, 3.8) is 0 Å². The zero-order valence-corrected chi connectivity index (χ0v) is 16.7. The number of pyridine rings is 1. The number of hydrogen-bond donors (Lipinski definition) is 0. The molecule has 0 N–H and O–H groups in total. The third-order valence-electron chi connectivity index (χ3n) is 4.43. The molecule has 0 aliphatic heterocycles. The zero-order chi connectivity index (χ0) is 20.5. The highest BCUT2D eigenvalue weighted by molar-refractivity contribution is 5.94. The monoisotopic (exact) mass is 386 g/mol. The number of carbonyl (C=O) groups is 2. The number of methoxy groups -OCH3 is 3. The van der Waals surface area contributed by atoms with Crippen LogP contribution in [0.1, 0.15) is 22.8 Å². The average molecular weight is 386 g/mol. The van der Waals surface area contributed by atoms with Crippen LogP contribution in [0.3, 0.4) is 0 Å². The second-order valence-electron chi connectivity index (χ2n) is 6.35. The highest BCUT2D eigenvalue weighted by atomic mass is 16.5. The summed E-state index contributed by atoms with van der Waals surface area (Å²) in [5, 5.41) is 0. The Morgan fingerprint density at radius 3 is 2.32 bits per heavy atom. The number of carbonyl (C=O) groups excluding carboxylic acids is 2. The summed E-state index contributed by atoms with van der Waals surface area (Å²) in [4.78, 5) is 30.4. The van der Waals surface area contributed by atoms with E-state index >= 15 is 0 Å². The Kier molecular flexibility index (Phi) is 7.80. The molecule has 7 nitrogen and oxygen atoms in total. The van der Waals surface area contributed by atoms with Crippen molar-refractivity contribution in [1.82, 2.24) is 9.88 Å². The summed E-state index contributed by atoms with van der Waals surface area (Å²) < 4.78 is 15.4. The molecule has 0 saturated carbocycles. The molecule has 28 heavy (non-hydrogen) atoms. The van der Waals surface area contributed by atoms with Crippen LogP contribution in [0.25, 0.3) is 0 Å². The molecule has 0 bridgehead atoms. The first-order valence-electron chi connectivity index (χ1n) is 8.98. The number of amides is 1. The van der Waals surface area contributed by atoms with Crippen molar-refractivity contribution < 1.29 is 23.8 Å². The van der Waals surface area contributed by atoms with Gasteiger partial charge in [-0.15, -0.1) is 0 Å². The van der Waals surface area contributed by atoms with Crippen LogP contribution in [0.4, 0.5) is 0 Å². The second kappa shape index (κ2) is 10.3. The molecule has 150 valence electrons. The molecule has 0 aliphatic carbocycles. The maximum Gasteiger partial charge on any atom is 0.310 e. The first kappa shape index (κ1) is 21.2. The maximum atomic E-state index is 12.9. The average Bonchev–Trinajstić information content (AvgIpc) is 2.75. The van der Waals surface area contributed by atoms with Gasteiger partial charge in [-0.05, 0) is 36.2 Å². The van der Waals surface area contributed by atoms with E-state index in [2.05, 4.69) is 4.98 Å². The number of aromatic nitrogens is 1. The van der Waals surface area contributed by atoms with Gasteiger partial charge in [-0.2, -0.15) is 0 Å². The molecule has 0 radical (unpaired) electrons. The first-order valence-corrected chi connectivity index (χ1v) is 8.98.